The van der Waals surface area contributed by atoms with Gasteiger partial charge in [-0.3, -0.25) is 0 Å². The Morgan fingerprint density at radius 1 is 0.867 bits per heavy atom. The van der Waals surface area contributed by atoms with Crippen LogP contribution in [0.4, 0.5) is 0 Å². The normalized spacial score (nSPS) is 17.5. The van der Waals surface area contributed by atoms with E-state index in [1.54, 1.807) is 25.6 Å². The first-order valence-corrected chi connectivity index (χ1v) is 10.1. The minimum absolute atomic E-state index is 0.365. The third-order valence-electron chi connectivity index (χ3n) is 5.46. The molecule has 2 atom stereocenters. The fourth-order valence-corrected chi connectivity index (χ4v) is 4.11. The lowest BCUT2D eigenvalue weighted by molar-refractivity contribution is 0.414. The minimum Gasteiger partial charge on any atom is -0.495 e. The number of rotatable bonds is 5. The van der Waals surface area contributed by atoms with E-state index in [0.717, 1.165) is 23.1 Å². The summed E-state index contributed by atoms with van der Waals surface area (Å²) in [7, 11) is 1.65. The van der Waals surface area contributed by atoms with Crippen LogP contribution in [0.25, 0.3) is 22.8 Å². The van der Waals surface area contributed by atoms with E-state index in [0.29, 0.717) is 34.3 Å². The first-order chi connectivity index (χ1) is 14.7. The fourth-order valence-electron chi connectivity index (χ4n) is 3.87. The van der Waals surface area contributed by atoms with Gasteiger partial charge in [-0.1, -0.05) is 41.9 Å². The summed E-state index contributed by atoms with van der Waals surface area (Å²) in [6.45, 7) is 0. The fraction of sp³-hybridized carbons (Fsp3) is 0.167. The van der Waals surface area contributed by atoms with Crippen molar-refractivity contribution >= 4 is 11.6 Å². The summed E-state index contributed by atoms with van der Waals surface area (Å²) in [5.41, 5.74) is 4.65. The number of ether oxygens (including phenoxy) is 1. The Hall–Kier alpha value is -3.31. The lowest BCUT2D eigenvalue weighted by Gasteiger charge is -2.14. The number of hydrogen-bond donors (Lipinski definition) is 0. The van der Waals surface area contributed by atoms with Crippen molar-refractivity contribution in [2.75, 3.05) is 7.11 Å². The first kappa shape index (κ1) is 18.7. The molecule has 148 valence electrons. The van der Waals surface area contributed by atoms with Crippen molar-refractivity contribution in [3.8, 4) is 28.5 Å². The van der Waals surface area contributed by atoms with Gasteiger partial charge in [-0.25, -0.2) is 19.9 Å². The summed E-state index contributed by atoms with van der Waals surface area (Å²) in [4.78, 5) is 17.4. The summed E-state index contributed by atoms with van der Waals surface area (Å²) in [6, 6.07) is 16.2. The van der Waals surface area contributed by atoms with Gasteiger partial charge < -0.3 is 4.74 Å². The van der Waals surface area contributed by atoms with Gasteiger partial charge in [0, 0.05) is 24.8 Å². The highest BCUT2D eigenvalue weighted by molar-refractivity contribution is 6.32. The molecule has 1 saturated carbocycles. The third kappa shape index (κ3) is 3.53. The quantitative estimate of drug-likeness (QED) is 0.429. The van der Waals surface area contributed by atoms with Gasteiger partial charge in [0.05, 0.1) is 12.1 Å². The summed E-state index contributed by atoms with van der Waals surface area (Å²) < 4.78 is 5.49. The van der Waals surface area contributed by atoms with E-state index >= 15 is 0 Å². The molecule has 5 rings (SSSR count). The van der Waals surface area contributed by atoms with E-state index < -0.39 is 0 Å². The molecule has 0 amide bonds. The molecule has 0 unspecified atom stereocenters. The van der Waals surface area contributed by atoms with Crippen molar-refractivity contribution in [1.82, 2.24) is 19.9 Å². The van der Waals surface area contributed by atoms with Gasteiger partial charge in [0.2, 0.25) is 0 Å². The van der Waals surface area contributed by atoms with E-state index in [4.69, 9.17) is 16.3 Å². The van der Waals surface area contributed by atoms with Crippen LogP contribution in [0.2, 0.25) is 5.02 Å². The molecule has 0 spiro atoms. The SMILES string of the molecule is COc1cc([C@H]2C[C@H]2c2cnc(-c3ncccn3)nc2)c(-c2ccccc2)cc1Cl. The van der Waals surface area contributed by atoms with Crippen molar-refractivity contribution in [3.63, 3.8) is 0 Å². The van der Waals surface area contributed by atoms with Gasteiger partial charge in [-0.05, 0) is 58.7 Å². The van der Waals surface area contributed by atoms with E-state index in [9.17, 15) is 0 Å². The second-order valence-electron chi connectivity index (χ2n) is 7.30. The van der Waals surface area contributed by atoms with Crippen LogP contribution in [0, 0.1) is 0 Å². The van der Waals surface area contributed by atoms with Crippen LogP contribution in [-0.4, -0.2) is 27.0 Å². The summed E-state index contributed by atoms with van der Waals surface area (Å²) in [5, 5.41) is 0.618. The topological polar surface area (TPSA) is 60.8 Å². The minimum atomic E-state index is 0.365. The van der Waals surface area contributed by atoms with Crippen LogP contribution in [0.5, 0.6) is 5.75 Å². The van der Waals surface area contributed by atoms with Crippen LogP contribution in [0.15, 0.2) is 73.3 Å². The predicted molar refractivity (Wildman–Crippen MR) is 117 cm³/mol. The average Bonchev–Trinajstić information content (AvgIpc) is 3.61. The summed E-state index contributed by atoms with van der Waals surface area (Å²) in [5.74, 6) is 2.50. The Morgan fingerprint density at radius 3 is 2.27 bits per heavy atom. The molecular weight excluding hydrogens is 396 g/mol. The van der Waals surface area contributed by atoms with Crippen LogP contribution < -0.4 is 4.74 Å². The second-order valence-corrected chi connectivity index (χ2v) is 7.71. The molecule has 0 bridgehead atoms. The molecule has 1 aliphatic carbocycles. The standard InChI is InChI=1S/C24H19ClN4O/c1-30-22-12-20(18(11-21(22)25)15-6-3-2-4-7-15)19-10-17(19)16-13-28-24(29-14-16)23-26-8-5-9-27-23/h2-9,11-14,17,19H,10H2,1H3/t17-,19-/m0/s1. The van der Waals surface area contributed by atoms with Crippen molar-refractivity contribution in [3.05, 3.63) is 89.5 Å². The maximum absolute atomic E-state index is 6.45. The van der Waals surface area contributed by atoms with Gasteiger partial charge >= 0.3 is 0 Å². The molecule has 0 saturated heterocycles. The maximum Gasteiger partial charge on any atom is 0.197 e. The van der Waals surface area contributed by atoms with E-state index in [1.807, 2.05) is 36.7 Å². The van der Waals surface area contributed by atoms with Crippen LogP contribution in [0.1, 0.15) is 29.4 Å². The molecule has 0 aliphatic heterocycles. The second kappa shape index (κ2) is 7.84. The Labute approximate surface area is 179 Å². The largest absolute Gasteiger partial charge is 0.495 e. The average molecular weight is 415 g/mol. The van der Waals surface area contributed by atoms with Gasteiger partial charge in [-0.15, -0.1) is 0 Å². The van der Waals surface area contributed by atoms with Crippen LogP contribution in [0.3, 0.4) is 0 Å². The number of nitrogens with zero attached hydrogens (tertiary/aromatic N) is 4. The Kier molecular flexibility index (Phi) is 4.89. The van der Waals surface area contributed by atoms with Gasteiger partial charge in [0.15, 0.2) is 11.6 Å². The first-order valence-electron chi connectivity index (χ1n) is 9.77. The predicted octanol–water partition coefficient (Wildman–Crippen LogP) is 5.53. The molecule has 6 heteroatoms. The monoisotopic (exact) mass is 414 g/mol. The molecule has 2 aromatic heterocycles. The molecule has 2 aromatic carbocycles. The van der Waals surface area contributed by atoms with Gasteiger partial charge in [0.25, 0.3) is 0 Å². The molecule has 2 heterocycles. The molecule has 1 aliphatic rings. The van der Waals surface area contributed by atoms with Crippen LogP contribution >= 0.6 is 11.6 Å². The number of halogens is 1. The lowest BCUT2D eigenvalue weighted by Crippen LogP contribution is -1.96. The molecule has 1 fully saturated rings. The molecule has 4 aromatic rings. The maximum atomic E-state index is 6.45. The number of aromatic nitrogens is 4. The number of benzene rings is 2. The van der Waals surface area contributed by atoms with Crippen molar-refractivity contribution in [1.29, 1.82) is 0 Å². The molecular formula is C24H19ClN4O. The summed E-state index contributed by atoms with van der Waals surface area (Å²) >= 11 is 6.45. The van der Waals surface area contributed by atoms with Gasteiger partial charge in [-0.2, -0.15) is 0 Å². The highest BCUT2D eigenvalue weighted by atomic mass is 35.5. The highest BCUT2D eigenvalue weighted by Crippen LogP contribution is 2.57. The molecule has 0 N–H and O–H groups in total. The molecule has 0 radical (unpaired) electrons. The number of hydrogen-bond acceptors (Lipinski definition) is 5. The Balaban J connectivity index is 1.46. The van der Waals surface area contributed by atoms with Gasteiger partial charge in [0.1, 0.15) is 5.75 Å². The van der Waals surface area contributed by atoms with E-state index in [1.165, 1.54) is 5.56 Å². The Morgan fingerprint density at radius 2 is 1.57 bits per heavy atom. The zero-order chi connectivity index (χ0) is 20.5. The zero-order valence-corrected chi connectivity index (χ0v) is 17.1. The molecule has 5 nitrogen and oxygen atoms in total. The third-order valence-corrected chi connectivity index (χ3v) is 5.76. The van der Waals surface area contributed by atoms with E-state index in [-0.39, 0.29) is 0 Å². The van der Waals surface area contributed by atoms with Crippen LogP contribution in [-0.2, 0) is 0 Å². The highest BCUT2D eigenvalue weighted by Gasteiger charge is 2.41. The molecule has 30 heavy (non-hydrogen) atoms. The van der Waals surface area contributed by atoms with Crippen molar-refractivity contribution in [2.24, 2.45) is 0 Å². The number of methoxy groups -OCH3 is 1. The van der Waals surface area contributed by atoms with E-state index in [2.05, 4.69) is 38.1 Å². The lowest BCUT2D eigenvalue weighted by atomic mass is 9.95. The van der Waals surface area contributed by atoms with Crippen molar-refractivity contribution in [2.45, 2.75) is 18.3 Å². The smallest absolute Gasteiger partial charge is 0.197 e. The van der Waals surface area contributed by atoms with Crippen molar-refractivity contribution < 1.29 is 4.74 Å². The Bertz CT molecular complexity index is 1170. The zero-order valence-electron chi connectivity index (χ0n) is 16.4. The summed E-state index contributed by atoms with van der Waals surface area (Å²) in [6.07, 6.45) is 8.19.